The monoisotopic (exact) mass is 583 g/mol. The van der Waals surface area contributed by atoms with Gasteiger partial charge in [0.05, 0.1) is 6.54 Å². The van der Waals surface area contributed by atoms with E-state index in [2.05, 4.69) is 58.3 Å². The van der Waals surface area contributed by atoms with Crippen molar-refractivity contribution >= 4 is 34.7 Å². The van der Waals surface area contributed by atoms with Crippen molar-refractivity contribution in [2.75, 3.05) is 31.6 Å². The quantitative estimate of drug-likeness (QED) is 0.209. The average molecular weight is 584 g/mol. The summed E-state index contributed by atoms with van der Waals surface area (Å²) in [5.41, 5.74) is 12.4. The van der Waals surface area contributed by atoms with E-state index in [0.717, 1.165) is 37.9 Å². The number of aryl methyl sites for hydroxylation is 2. The van der Waals surface area contributed by atoms with Gasteiger partial charge in [-0.05, 0) is 85.8 Å². The maximum absolute atomic E-state index is 12.5. The molecular weight excluding hydrogens is 546 g/mol. The molecular formula is C35H38ClN3O3. The topological polar surface area (TPSA) is 86.9 Å². The molecule has 1 atom stereocenters. The number of carbonyl (C=O) groups excluding carboxylic acids is 1. The van der Waals surface area contributed by atoms with Gasteiger partial charge in [0.2, 0.25) is 0 Å². The minimum Gasteiger partial charge on any atom is -0.480 e. The zero-order valence-corrected chi connectivity index (χ0v) is 24.7. The number of benzene rings is 4. The highest BCUT2D eigenvalue weighted by Gasteiger charge is 2.20. The number of carboxylic acid groups (broad SMARTS) is 1. The van der Waals surface area contributed by atoms with Crippen molar-refractivity contribution in [1.82, 2.24) is 4.90 Å². The van der Waals surface area contributed by atoms with Crippen molar-refractivity contribution in [2.24, 2.45) is 5.73 Å². The summed E-state index contributed by atoms with van der Waals surface area (Å²) in [7, 11) is 2.01. The van der Waals surface area contributed by atoms with Gasteiger partial charge >= 0.3 is 5.97 Å². The van der Waals surface area contributed by atoms with Crippen molar-refractivity contribution in [2.45, 2.75) is 31.7 Å². The molecule has 7 heteroatoms. The number of hydrogen-bond donors (Lipinski definition) is 2. The van der Waals surface area contributed by atoms with Crippen LogP contribution in [0.15, 0.2) is 103 Å². The number of anilines is 2. The standard InChI is InChI=1S/C26H27ClN2O.C9H11NO2/c1-28(19-26(30)22-13-15-23(27)16-14-22)17-6-18-29-24-9-4-2-7-20(24)11-12-21-8-3-5-10-25(21)29;10-8(9(11)12)6-7-4-2-1-3-5-7/h2-5,7-10,13-16H,6,11-12,17-19H2,1H3;1-5,8H,6,10H2,(H,11,12)/t;8-/m.0/s1. The third-order valence-electron chi connectivity index (χ3n) is 7.35. The fraction of sp³-hybridized carbons (Fsp3) is 0.257. The van der Waals surface area contributed by atoms with E-state index < -0.39 is 12.0 Å². The molecule has 0 amide bonds. The van der Waals surface area contributed by atoms with E-state index in [1.807, 2.05) is 37.4 Å². The van der Waals surface area contributed by atoms with Gasteiger partial charge in [-0.2, -0.15) is 0 Å². The maximum Gasteiger partial charge on any atom is 0.320 e. The lowest BCUT2D eigenvalue weighted by molar-refractivity contribution is -0.138. The summed E-state index contributed by atoms with van der Waals surface area (Å²) in [5, 5.41) is 9.17. The second kappa shape index (κ2) is 15.3. The van der Waals surface area contributed by atoms with Crippen LogP contribution in [0.1, 0.15) is 33.5 Å². The minimum absolute atomic E-state index is 0.125. The molecule has 0 aliphatic carbocycles. The molecule has 1 heterocycles. The number of halogens is 1. The smallest absolute Gasteiger partial charge is 0.320 e. The van der Waals surface area contributed by atoms with Crippen molar-refractivity contribution in [3.8, 4) is 0 Å². The van der Waals surface area contributed by atoms with Crippen LogP contribution in [0.4, 0.5) is 11.4 Å². The van der Waals surface area contributed by atoms with Gasteiger partial charge in [-0.1, -0.05) is 78.3 Å². The first-order valence-corrected chi connectivity index (χ1v) is 14.6. The first-order valence-electron chi connectivity index (χ1n) is 14.2. The molecule has 42 heavy (non-hydrogen) atoms. The summed E-state index contributed by atoms with van der Waals surface area (Å²) >= 11 is 5.92. The number of fused-ring (bicyclic) bond motifs is 2. The van der Waals surface area contributed by atoms with Crippen molar-refractivity contribution < 1.29 is 14.7 Å². The highest BCUT2D eigenvalue weighted by Crippen LogP contribution is 2.35. The molecule has 0 saturated heterocycles. The number of carbonyl (C=O) groups is 2. The SMILES string of the molecule is CN(CCCN1c2ccccc2CCc2ccccc21)CC(=O)c1ccc(Cl)cc1.N[C@@H](Cc1ccccc1)C(=O)O. The first kappa shape index (κ1) is 31.0. The van der Waals surface area contributed by atoms with E-state index in [1.54, 1.807) is 24.3 Å². The molecule has 218 valence electrons. The van der Waals surface area contributed by atoms with E-state index in [4.69, 9.17) is 22.4 Å². The molecule has 0 radical (unpaired) electrons. The largest absolute Gasteiger partial charge is 0.480 e. The van der Waals surface area contributed by atoms with Gasteiger partial charge in [0, 0.05) is 35.1 Å². The molecule has 0 spiro atoms. The van der Waals surface area contributed by atoms with Crippen LogP contribution in [-0.4, -0.2) is 54.5 Å². The van der Waals surface area contributed by atoms with E-state index in [1.165, 1.54) is 22.5 Å². The Balaban J connectivity index is 0.000000283. The number of rotatable bonds is 10. The summed E-state index contributed by atoms with van der Waals surface area (Å²) in [6, 6.07) is 33.1. The third-order valence-corrected chi connectivity index (χ3v) is 7.60. The van der Waals surface area contributed by atoms with Crippen LogP contribution in [0.25, 0.3) is 0 Å². The minimum atomic E-state index is -0.959. The maximum atomic E-state index is 12.5. The number of para-hydroxylation sites is 2. The second-order valence-electron chi connectivity index (χ2n) is 10.6. The Hall–Kier alpha value is -3.97. The molecule has 1 aliphatic rings. The molecule has 4 aromatic rings. The predicted octanol–water partition coefficient (Wildman–Crippen LogP) is 6.42. The summed E-state index contributed by atoms with van der Waals surface area (Å²) in [5.74, 6) is -0.835. The van der Waals surface area contributed by atoms with Crippen LogP contribution in [0.3, 0.4) is 0 Å². The average Bonchev–Trinajstić information content (AvgIpc) is 3.15. The normalized spacial score (nSPS) is 12.8. The molecule has 4 aromatic carbocycles. The van der Waals surface area contributed by atoms with Crippen LogP contribution >= 0.6 is 11.6 Å². The number of Topliss-reactive ketones (excluding diaryl/α,β-unsaturated/α-hetero) is 1. The Kier molecular flexibility index (Phi) is 11.3. The fourth-order valence-electron chi connectivity index (χ4n) is 5.12. The van der Waals surface area contributed by atoms with Crippen molar-refractivity contribution in [3.63, 3.8) is 0 Å². The van der Waals surface area contributed by atoms with Crippen LogP contribution < -0.4 is 10.6 Å². The number of aliphatic carboxylic acids is 1. The molecule has 0 unspecified atom stereocenters. The Bertz CT molecular complexity index is 1410. The van der Waals surface area contributed by atoms with Gasteiger partial charge in [-0.15, -0.1) is 0 Å². The lowest BCUT2D eigenvalue weighted by atomic mass is 10.0. The Morgan fingerprint density at radius 3 is 1.98 bits per heavy atom. The molecule has 0 bridgehead atoms. The fourth-order valence-corrected chi connectivity index (χ4v) is 5.24. The third kappa shape index (κ3) is 8.76. The van der Waals surface area contributed by atoms with Crippen molar-refractivity contribution in [1.29, 1.82) is 0 Å². The van der Waals surface area contributed by atoms with Gasteiger partial charge in [-0.25, -0.2) is 0 Å². The first-order chi connectivity index (χ1) is 20.3. The van der Waals surface area contributed by atoms with Crippen LogP contribution in [0, 0.1) is 0 Å². The van der Waals surface area contributed by atoms with E-state index >= 15 is 0 Å². The van der Waals surface area contributed by atoms with Gasteiger partial charge in [0.25, 0.3) is 0 Å². The van der Waals surface area contributed by atoms with E-state index in [9.17, 15) is 9.59 Å². The molecule has 0 saturated carbocycles. The summed E-state index contributed by atoms with van der Waals surface area (Å²) in [6.45, 7) is 2.20. The molecule has 0 aromatic heterocycles. The van der Waals surface area contributed by atoms with Crippen molar-refractivity contribution in [3.05, 3.63) is 130 Å². The highest BCUT2D eigenvalue weighted by molar-refractivity contribution is 6.30. The summed E-state index contributed by atoms with van der Waals surface area (Å²) < 4.78 is 0. The molecule has 1 aliphatic heterocycles. The van der Waals surface area contributed by atoms with Gasteiger partial charge < -0.3 is 15.7 Å². The molecule has 5 rings (SSSR count). The van der Waals surface area contributed by atoms with Crippen LogP contribution in [0.2, 0.25) is 5.02 Å². The number of carboxylic acids is 1. The zero-order chi connectivity index (χ0) is 29.9. The van der Waals surface area contributed by atoms with Gasteiger partial charge in [0.15, 0.2) is 5.78 Å². The predicted molar refractivity (Wildman–Crippen MR) is 171 cm³/mol. The second-order valence-corrected chi connectivity index (χ2v) is 11.0. The van der Waals surface area contributed by atoms with Gasteiger partial charge in [0.1, 0.15) is 6.04 Å². The van der Waals surface area contributed by atoms with E-state index in [-0.39, 0.29) is 5.78 Å². The molecule has 6 nitrogen and oxygen atoms in total. The molecule has 0 fully saturated rings. The van der Waals surface area contributed by atoms with Crippen LogP contribution in [-0.2, 0) is 24.1 Å². The van der Waals surface area contributed by atoms with Crippen LogP contribution in [0.5, 0.6) is 0 Å². The lowest BCUT2D eigenvalue weighted by Crippen LogP contribution is -2.32. The Morgan fingerprint density at radius 2 is 1.40 bits per heavy atom. The number of hydrogen-bond acceptors (Lipinski definition) is 5. The summed E-state index contributed by atoms with van der Waals surface area (Å²) in [6.07, 6.45) is 3.50. The van der Waals surface area contributed by atoms with Gasteiger partial charge in [-0.3, -0.25) is 14.5 Å². The van der Waals surface area contributed by atoms with E-state index in [0.29, 0.717) is 23.6 Å². The molecule has 3 N–H and O–H groups in total. The number of ketones is 1. The number of likely N-dealkylation sites (N-methyl/N-ethyl adjacent to an activating group) is 1. The number of nitrogens with zero attached hydrogens (tertiary/aromatic N) is 2. The number of nitrogens with two attached hydrogens (primary N) is 1. The summed E-state index contributed by atoms with van der Waals surface area (Å²) in [4.78, 5) is 27.4. The Labute approximate surface area is 253 Å². The lowest BCUT2D eigenvalue weighted by Gasteiger charge is -2.28. The Morgan fingerprint density at radius 1 is 0.857 bits per heavy atom. The highest BCUT2D eigenvalue weighted by atomic mass is 35.5. The zero-order valence-electron chi connectivity index (χ0n) is 24.0.